The van der Waals surface area contributed by atoms with E-state index in [0.29, 0.717) is 35.1 Å². The van der Waals surface area contributed by atoms with Crippen molar-refractivity contribution in [3.05, 3.63) is 96.1 Å². The van der Waals surface area contributed by atoms with E-state index in [9.17, 15) is 4.39 Å². The monoisotopic (exact) mass is 470 g/mol. The standard InChI is InChI=1S/C30H37F3O/c1-5-22-9-13-24(14-10-22)26-17-18-27(30(33)29(26)32)25-15-11-23(12-16-25)8-7-20(3)19-28(31)21(4)34-6-2/h5,7-8,17-19,22-25H,1,3-4,6,9-16H2,2H3/b8-7+,28-19+. The Bertz CT molecular complexity index is 942. The van der Waals surface area contributed by atoms with E-state index in [-0.39, 0.29) is 17.6 Å². The molecule has 0 unspecified atom stereocenters. The Morgan fingerprint density at radius 2 is 1.41 bits per heavy atom. The van der Waals surface area contributed by atoms with Crippen molar-refractivity contribution in [3.8, 4) is 0 Å². The fourth-order valence-corrected chi connectivity index (χ4v) is 5.29. The Morgan fingerprint density at radius 1 is 0.912 bits per heavy atom. The Kier molecular flexibility index (Phi) is 9.44. The molecule has 0 atom stereocenters. The molecule has 4 heteroatoms. The molecule has 3 rings (SSSR count). The Labute approximate surface area is 202 Å². The molecular formula is C30H37F3O. The summed E-state index contributed by atoms with van der Waals surface area (Å²) in [4.78, 5) is 0. The Balaban J connectivity index is 1.57. The lowest BCUT2D eigenvalue weighted by atomic mass is 9.76. The first-order chi connectivity index (χ1) is 16.3. The Hall–Kier alpha value is -2.49. The van der Waals surface area contributed by atoms with Crippen LogP contribution in [0.5, 0.6) is 0 Å². The third-order valence-corrected chi connectivity index (χ3v) is 7.38. The summed E-state index contributed by atoms with van der Waals surface area (Å²) in [6.45, 7) is 13.4. The summed E-state index contributed by atoms with van der Waals surface area (Å²) in [5, 5.41) is 0. The van der Waals surface area contributed by atoms with Gasteiger partial charge in [0, 0.05) is 0 Å². The number of rotatable bonds is 9. The van der Waals surface area contributed by atoms with Gasteiger partial charge in [-0.2, -0.15) is 0 Å². The number of halogens is 3. The zero-order chi connectivity index (χ0) is 24.7. The highest BCUT2D eigenvalue weighted by atomic mass is 19.2. The zero-order valence-corrected chi connectivity index (χ0v) is 20.3. The molecule has 0 bridgehead atoms. The van der Waals surface area contributed by atoms with Crippen LogP contribution in [0.25, 0.3) is 0 Å². The van der Waals surface area contributed by atoms with Gasteiger partial charge in [-0.05, 0) is 105 Å². The minimum absolute atomic E-state index is 0.00211. The summed E-state index contributed by atoms with van der Waals surface area (Å²) in [5.41, 5.74) is 1.57. The summed E-state index contributed by atoms with van der Waals surface area (Å²) in [7, 11) is 0. The van der Waals surface area contributed by atoms with Gasteiger partial charge in [0.1, 0.15) is 5.76 Å². The lowest BCUT2D eigenvalue weighted by molar-refractivity contribution is 0.226. The van der Waals surface area contributed by atoms with Gasteiger partial charge >= 0.3 is 0 Å². The van der Waals surface area contributed by atoms with Gasteiger partial charge in [-0.3, -0.25) is 0 Å². The van der Waals surface area contributed by atoms with Crippen LogP contribution in [0.2, 0.25) is 0 Å². The minimum Gasteiger partial charge on any atom is -0.491 e. The molecule has 1 aromatic carbocycles. The van der Waals surface area contributed by atoms with Gasteiger partial charge in [0.2, 0.25) is 0 Å². The zero-order valence-electron chi connectivity index (χ0n) is 20.3. The van der Waals surface area contributed by atoms with Crippen LogP contribution in [-0.4, -0.2) is 6.61 Å². The summed E-state index contributed by atoms with van der Waals surface area (Å²) in [6.07, 6.45) is 14.2. The molecule has 34 heavy (non-hydrogen) atoms. The van der Waals surface area contributed by atoms with Crippen LogP contribution in [0.1, 0.15) is 81.3 Å². The first-order valence-corrected chi connectivity index (χ1v) is 12.5. The highest BCUT2D eigenvalue weighted by Crippen LogP contribution is 2.41. The van der Waals surface area contributed by atoms with E-state index in [1.165, 1.54) is 6.08 Å². The summed E-state index contributed by atoms with van der Waals surface area (Å²) >= 11 is 0. The number of benzene rings is 1. The van der Waals surface area contributed by atoms with Crippen molar-refractivity contribution < 1.29 is 17.9 Å². The quantitative estimate of drug-likeness (QED) is 0.198. The maximum atomic E-state index is 15.1. The van der Waals surface area contributed by atoms with Crippen LogP contribution < -0.4 is 0 Å². The van der Waals surface area contributed by atoms with Gasteiger partial charge in [-0.15, -0.1) is 6.58 Å². The summed E-state index contributed by atoms with van der Waals surface area (Å²) in [5.74, 6) is -0.914. The van der Waals surface area contributed by atoms with Gasteiger partial charge in [0.25, 0.3) is 0 Å². The van der Waals surface area contributed by atoms with Crippen molar-refractivity contribution in [2.24, 2.45) is 11.8 Å². The molecule has 2 saturated carbocycles. The second-order valence-electron chi connectivity index (χ2n) is 9.61. The van der Waals surface area contributed by atoms with Crippen LogP contribution in [0.15, 0.2) is 73.3 Å². The molecule has 2 aliphatic carbocycles. The molecule has 2 fully saturated rings. The van der Waals surface area contributed by atoms with E-state index < -0.39 is 17.5 Å². The Morgan fingerprint density at radius 3 is 1.88 bits per heavy atom. The molecule has 0 spiro atoms. The average molecular weight is 471 g/mol. The van der Waals surface area contributed by atoms with Crippen molar-refractivity contribution in [3.63, 3.8) is 0 Å². The van der Waals surface area contributed by atoms with Gasteiger partial charge in [0.05, 0.1) is 6.61 Å². The highest BCUT2D eigenvalue weighted by Gasteiger charge is 2.28. The third kappa shape index (κ3) is 6.55. The van der Waals surface area contributed by atoms with E-state index in [2.05, 4.69) is 19.7 Å². The molecule has 1 aromatic rings. The van der Waals surface area contributed by atoms with Gasteiger partial charge in [0.15, 0.2) is 17.5 Å². The molecule has 2 aliphatic rings. The predicted octanol–water partition coefficient (Wildman–Crippen LogP) is 9.21. The predicted molar refractivity (Wildman–Crippen MR) is 134 cm³/mol. The molecule has 0 heterocycles. The van der Waals surface area contributed by atoms with Gasteiger partial charge in [-0.25, -0.2) is 13.2 Å². The lowest BCUT2D eigenvalue weighted by Crippen LogP contribution is -2.16. The second kappa shape index (κ2) is 12.3. The van der Waals surface area contributed by atoms with Crippen LogP contribution >= 0.6 is 0 Å². The largest absolute Gasteiger partial charge is 0.491 e. The summed E-state index contributed by atoms with van der Waals surface area (Å²) in [6, 6.07) is 3.63. The number of allylic oxidation sites excluding steroid dienone is 6. The van der Waals surface area contributed by atoms with E-state index >= 15 is 8.78 Å². The van der Waals surface area contributed by atoms with Crippen molar-refractivity contribution in [2.75, 3.05) is 6.61 Å². The SMILES string of the molecule is C=CC1CCC(c2ccc(C3CCC(/C=C/C(=C)/C=C(/F)C(=C)OCC)CC3)c(F)c2F)CC1. The normalized spacial score (nSPS) is 25.8. The summed E-state index contributed by atoms with van der Waals surface area (Å²) < 4.78 is 49.1. The van der Waals surface area contributed by atoms with Gasteiger partial charge in [-0.1, -0.05) is 43.5 Å². The van der Waals surface area contributed by atoms with Crippen LogP contribution in [0.4, 0.5) is 13.2 Å². The van der Waals surface area contributed by atoms with E-state index in [1.54, 1.807) is 13.0 Å². The van der Waals surface area contributed by atoms with E-state index in [0.717, 1.165) is 51.4 Å². The topological polar surface area (TPSA) is 9.23 Å². The van der Waals surface area contributed by atoms with Crippen LogP contribution in [0.3, 0.4) is 0 Å². The van der Waals surface area contributed by atoms with Crippen LogP contribution in [-0.2, 0) is 4.74 Å². The maximum Gasteiger partial charge on any atom is 0.165 e. The first-order valence-electron chi connectivity index (χ1n) is 12.5. The third-order valence-electron chi connectivity index (χ3n) is 7.38. The molecule has 0 aliphatic heterocycles. The molecule has 0 N–H and O–H groups in total. The van der Waals surface area contributed by atoms with E-state index in [4.69, 9.17) is 4.74 Å². The first kappa shape index (κ1) is 26.1. The molecule has 0 amide bonds. The second-order valence-corrected chi connectivity index (χ2v) is 9.61. The van der Waals surface area contributed by atoms with Crippen molar-refractivity contribution in [1.82, 2.24) is 0 Å². The molecule has 0 aromatic heterocycles. The smallest absolute Gasteiger partial charge is 0.165 e. The highest BCUT2D eigenvalue weighted by molar-refractivity contribution is 5.34. The van der Waals surface area contributed by atoms with Crippen molar-refractivity contribution in [2.45, 2.75) is 70.1 Å². The number of ether oxygens (including phenoxy) is 1. The van der Waals surface area contributed by atoms with Gasteiger partial charge < -0.3 is 4.74 Å². The number of hydrogen-bond acceptors (Lipinski definition) is 1. The number of hydrogen-bond donors (Lipinski definition) is 0. The minimum atomic E-state index is -0.661. The van der Waals surface area contributed by atoms with Crippen LogP contribution in [0, 0.1) is 23.5 Å². The molecule has 0 radical (unpaired) electrons. The molecule has 0 saturated heterocycles. The molecule has 184 valence electrons. The maximum absolute atomic E-state index is 15.1. The van der Waals surface area contributed by atoms with E-state index in [1.807, 2.05) is 24.3 Å². The molecular weight excluding hydrogens is 433 g/mol. The van der Waals surface area contributed by atoms with Crippen molar-refractivity contribution >= 4 is 0 Å². The fraction of sp³-hybridized carbons (Fsp3) is 0.467. The lowest BCUT2D eigenvalue weighted by Gasteiger charge is -2.29. The fourth-order valence-electron chi connectivity index (χ4n) is 5.29. The average Bonchev–Trinajstić information content (AvgIpc) is 2.85. The van der Waals surface area contributed by atoms with Crippen molar-refractivity contribution in [1.29, 1.82) is 0 Å². The molecule has 1 nitrogen and oxygen atoms in total.